The number of benzene rings is 1. The highest BCUT2D eigenvalue weighted by atomic mass is 32.1. The van der Waals surface area contributed by atoms with E-state index >= 15 is 0 Å². The number of para-hydroxylation sites is 1. The predicted molar refractivity (Wildman–Crippen MR) is 73.0 cm³/mol. The smallest absolute Gasteiger partial charge is 0.140 e. The van der Waals surface area contributed by atoms with Gasteiger partial charge in [0.1, 0.15) is 17.4 Å². The van der Waals surface area contributed by atoms with Gasteiger partial charge in [0.15, 0.2) is 0 Å². The van der Waals surface area contributed by atoms with Crippen LogP contribution in [0.4, 0.5) is 0 Å². The van der Waals surface area contributed by atoms with Crippen molar-refractivity contribution in [2.45, 2.75) is 33.5 Å². The molecule has 2 rings (SSSR count). The summed E-state index contributed by atoms with van der Waals surface area (Å²) in [5, 5.41) is 10.6. The quantitative estimate of drug-likeness (QED) is 0.919. The molecule has 0 saturated carbocycles. The van der Waals surface area contributed by atoms with E-state index in [0.29, 0.717) is 6.61 Å². The van der Waals surface area contributed by atoms with Crippen LogP contribution in [-0.2, 0) is 6.61 Å². The molecular weight excluding hydrogens is 246 g/mol. The molecule has 96 valence electrons. The summed E-state index contributed by atoms with van der Waals surface area (Å²) in [5.74, 6) is 0.720. The average Bonchev–Trinajstić information content (AvgIpc) is 2.66. The van der Waals surface area contributed by atoms with Gasteiger partial charge in [0, 0.05) is 10.4 Å². The first kappa shape index (κ1) is 13.1. The van der Waals surface area contributed by atoms with Crippen LogP contribution in [0, 0.1) is 13.8 Å². The van der Waals surface area contributed by atoms with E-state index in [4.69, 9.17) is 4.74 Å². The number of aliphatic hydroxyl groups excluding tert-OH is 1. The highest BCUT2D eigenvalue weighted by Gasteiger charge is 2.09. The van der Waals surface area contributed by atoms with Crippen molar-refractivity contribution < 1.29 is 9.84 Å². The number of rotatable bonds is 4. The number of thiazole rings is 1. The van der Waals surface area contributed by atoms with Gasteiger partial charge in [0.25, 0.3) is 0 Å². The van der Waals surface area contributed by atoms with Gasteiger partial charge in [-0.1, -0.05) is 18.2 Å². The summed E-state index contributed by atoms with van der Waals surface area (Å²) >= 11 is 1.65. The van der Waals surface area contributed by atoms with Crippen LogP contribution in [-0.4, -0.2) is 10.1 Å². The molecular formula is C14H17NO2S. The molecule has 18 heavy (non-hydrogen) atoms. The topological polar surface area (TPSA) is 42.4 Å². The summed E-state index contributed by atoms with van der Waals surface area (Å²) in [7, 11) is 0. The molecule has 0 saturated heterocycles. The van der Waals surface area contributed by atoms with Gasteiger partial charge >= 0.3 is 0 Å². The second-order valence-electron chi connectivity index (χ2n) is 4.25. The first-order valence-corrected chi connectivity index (χ1v) is 6.72. The third kappa shape index (κ3) is 2.89. The minimum absolute atomic E-state index is 0.448. The highest BCUT2D eigenvalue weighted by molar-refractivity contribution is 7.11. The summed E-state index contributed by atoms with van der Waals surface area (Å²) < 4.78 is 5.74. The zero-order valence-corrected chi connectivity index (χ0v) is 11.6. The summed E-state index contributed by atoms with van der Waals surface area (Å²) in [4.78, 5) is 5.65. The first-order valence-electron chi connectivity index (χ1n) is 5.90. The third-order valence-corrected chi connectivity index (χ3v) is 3.84. The fourth-order valence-corrected chi connectivity index (χ4v) is 2.54. The molecule has 0 fully saturated rings. The summed E-state index contributed by atoms with van der Waals surface area (Å²) in [5.41, 5.74) is 1.87. The Morgan fingerprint density at radius 3 is 2.67 bits per heavy atom. The molecule has 1 atom stereocenters. The van der Waals surface area contributed by atoms with Crippen molar-refractivity contribution in [3.8, 4) is 5.75 Å². The lowest BCUT2D eigenvalue weighted by Crippen LogP contribution is -2.00. The average molecular weight is 263 g/mol. The standard InChI is InChI=1S/C14H17NO2S/c1-9-11(3)18-14(15-9)8-17-13-7-5-4-6-12(13)10(2)16/h4-7,10,16H,8H2,1-3H3/t10-/m1/s1. The van der Waals surface area contributed by atoms with Crippen LogP contribution in [0.25, 0.3) is 0 Å². The molecule has 4 heteroatoms. The van der Waals surface area contributed by atoms with Crippen LogP contribution in [0.5, 0.6) is 5.75 Å². The second-order valence-corrected chi connectivity index (χ2v) is 5.54. The predicted octanol–water partition coefficient (Wildman–Crippen LogP) is 3.39. The van der Waals surface area contributed by atoms with Crippen LogP contribution in [0.2, 0.25) is 0 Å². The Morgan fingerprint density at radius 2 is 2.06 bits per heavy atom. The molecule has 1 aromatic carbocycles. The van der Waals surface area contributed by atoms with Gasteiger partial charge in [-0.15, -0.1) is 11.3 Å². The Hall–Kier alpha value is -1.39. The lowest BCUT2D eigenvalue weighted by atomic mass is 10.1. The van der Waals surface area contributed by atoms with Gasteiger partial charge in [0.05, 0.1) is 11.8 Å². The number of ether oxygens (including phenoxy) is 1. The molecule has 1 aromatic heterocycles. The molecule has 0 amide bonds. The highest BCUT2D eigenvalue weighted by Crippen LogP contribution is 2.26. The number of hydrogen-bond donors (Lipinski definition) is 1. The monoisotopic (exact) mass is 263 g/mol. The van der Waals surface area contributed by atoms with Gasteiger partial charge in [-0.2, -0.15) is 0 Å². The molecule has 0 aliphatic carbocycles. The number of aromatic nitrogens is 1. The summed E-state index contributed by atoms with van der Waals surface area (Å²) in [6.45, 7) is 6.24. The van der Waals surface area contributed by atoms with E-state index in [0.717, 1.165) is 22.0 Å². The summed E-state index contributed by atoms with van der Waals surface area (Å²) in [6.07, 6.45) is -0.527. The normalized spacial score (nSPS) is 12.4. The van der Waals surface area contributed by atoms with Crippen molar-refractivity contribution >= 4 is 11.3 Å². The lowest BCUT2D eigenvalue weighted by molar-refractivity contribution is 0.190. The zero-order chi connectivity index (χ0) is 13.1. The van der Waals surface area contributed by atoms with E-state index in [-0.39, 0.29) is 0 Å². The van der Waals surface area contributed by atoms with E-state index in [1.165, 1.54) is 4.88 Å². The fourth-order valence-electron chi connectivity index (χ4n) is 1.70. The Morgan fingerprint density at radius 1 is 1.33 bits per heavy atom. The van der Waals surface area contributed by atoms with E-state index in [9.17, 15) is 5.11 Å². The van der Waals surface area contributed by atoms with Gasteiger partial charge < -0.3 is 9.84 Å². The molecule has 0 unspecified atom stereocenters. The SMILES string of the molecule is Cc1nc(COc2ccccc2[C@@H](C)O)sc1C. The minimum atomic E-state index is -0.527. The van der Waals surface area contributed by atoms with Crippen LogP contribution in [0.3, 0.4) is 0 Å². The van der Waals surface area contributed by atoms with E-state index < -0.39 is 6.10 Å². The van der Waals surface area contributed by atoms with Crippen molar-refractivity contribution in [1.82, 2.24) is 4.98 Å². The van der Waals surface area contributed by atoms with Crippen molar-refractivity contribution in [1.29, 1.82) is 0 Å². The Labute approximate surface area is 111 Å². The van der Waals surface area contributed by atoms with Crippen LogP contribution in [0.15, 0.2) is 24.3 Å². The number of hydrogen-bond acceptors (Lipinski definition) is 4. The summed E-state index contributed by atoms with van der Waals surface area (Å²) in [6, 6.07) is 7.54. The third-order valence-electron chi connectivity index (χ3n) is 2.79. The van der Waals surface area contributed by atoms with Crippen LogP contribution >= 0.6 is 11.3 Å². The number of aryl methyl sites for hydroxylation is 2. The largest absolute Gasteiger partial charge is 0.486 e. The second kappa shape index (κ2) is 5.50. The Balaban J connectivity index is 2.10. The van der Waals surface area contributed by atoms with Crippen molar-refractivity contribution in [3.05, 3.63) is 45.4 Å². The van der Waals surface area contributed by atoms with E-state index in [2.05, 4.69) is 11.9 Å². The molecule has 0 spiro atoms. The maximum Gasteiger partial charge on any atom is 0.140 e. The van der Waals surface area contributed by atoms with Gasteiger partial charge in [0.2, 0.25) is 0 Å². The Bertz CT molecular complexity index is 515. The van der Waals surface area contributed by atoms with Crippen molar-refractivity contribution in [2.24, 2.45) is 0 Å². The molecule has 1 heterocycles. The lowest BCUT2D eigenvalue weighted by Gasteiger charge is -2.12. The number of nitrogens with zero attached hydrogens (tertiary/aromatic N) is 1. The van der Waals surface area contributed by atoms with Crippen LogP contribution < -0.4 is 4.74 Å². The zero-order valence-electron chi connectivity index (χ0n) is 10.8. The maximum atomic E-state index is 9.66. The molecule has 1 N–H and O–H groups in total. The van der Waals surface area contributed by atoms with Crippen LogP contribution in [0.1, 0.15) is 34.2 Å². The van der Waals surface area contributed by atoms with Crippen molar-refractivity contribution in [2.75, 3.05) is 0 Å². The van der Waals surface area contributed by atoms with E-state index in [1.54, 1.807) is 18.3 Å². The molecule has 0 aliphatic heterocycles. The maximum absolute atomic E-state index is 9.66. The first-order chi connectivity index (χ1) is 8.58. The Kier molecular flexibility index (Phi) is 3.99. The fraction of sp³-hybridized carbons (Fsp3) is 0.357. The van der Waals surface area contributed by atoms with E-state index in [1.807, 2.05) is 31.2 Å². The van der Waals surface area contributed by atoms with Crippen molar-refractivity contribution in [3.63, 3.8) is 0 Å². The molecule has 3 nitrogen and oxygen atoms in total. The number of aliphatic hydroxyl groups is 1. The van der Waals surface area contributed by atoms with Gasteiger partial charge in [-0.25, -0.2) is 4.98 Å². The van der Waals surface area contributed by atoms with Gasteiger partial charge in [-0.3, -0.25) is 0 Å². The van der Waals surface area contributed by atoms with Gasteiger partial charge in [-0.05, 0) is 26.8 Å². The molecule has 2 aromatic rings. The molecule has 0 aliphatic rings. The minimum Gasteiger partial charge on any atom is -0.486 e. The molecule has 0 bridgehead atoms. The molecule has 0 radical (unpaired) electrons.